The molecule has 10 aromatic carbocycles. The van der Waals surface area contributed by atoms with E-state index in [1.807, 2.05) is 30.3 Å². The van der Waals surface area contributed by atoms with Crippen molar-refractivity contribution in [3.63, 3.8) is 0 Å². The molecule has 0 radical (unpaired) electrons. The van der Waals surface area contributed by atoms with E-state index in [4.69, 9.17) is 9.40 Å². The van der Waals surface area contributed by atoms with Crippen LogP contribution in [-0.2, 0) is 0 Å². The molecule has 0 unspecified atom stereocenters. The second-order valence-electron chi connectivity index (χ2n) is 15.5. The van der Waals surface area contributed by atoms with E-state index in [0.717, 1.165) is 77.6 Å². The van der Waals surface area contributed by atoms with Crippen LogP contribution in [0.5, 0.6) is 0 Å². The summed E-state index contributed by atoms with van der Waals surface area (Å²) in [4.78, 5) is 7.42. The minimum atomic E-state index is 0.613. The van der Waals surface area contributed by atoms with Crippen LogP contribution in [0.3, 0.4) is 0 Å². The van der Waals surface area contributed by atoms with E-state index in [9.17, 15) is 0 Å². The Kier molecular flexibility index (Phi) is 8.13. The fourth-order valence-electron chi connectivity index (χ4n) is 9.20. The SMILES string of the molecule is c1ccc(-c2ccc(-n3c4ccccc4c4cccc(N(c5ccccc5)c5ccc6c(-c7ccccc7)cc7ccc8nc(-c9ccccc9)oc8c7c6c5)c43)cc2)cc1. The molecule has 4 heteroatoms. The number of rotatable bonds is 7. The van der Waals surface area contributed by atoms with E-state index in [-0.39, 0.29) is 0 Å². The van der Waals surface area contributed by atoms with Gasteiger partial charge in [0.1, 0.15) is 5.52 Å². The zero-order valence-electron chi connectivity index (χ0n) is 33.1. The quantitative estimate of drug-likeness (QED) is 0.151. The predicted molar refractivity (Wildman–Crippen MR) is 254 cm³/mol. The Hall–Kier alpha value is -8.21. The normalized spacial score (nSPS) is 11.6. The molecule has 12 aromatic rings. The van der Waals surface area contributed by atoms with Crippen LogP contribution in [0.2, 0.25) is 0 Å². The molecule has 0 saturated heterocycles. The number of para-hydroxylation sites is 3. The third-order valence-electron chi connectivity index (χ3n) is 12.0. The zero-order chi connectivity index (χ0) is 40.3. The Bertz CT molecular complexity index is 3560. The van der Waals surface area contributed by atoms with Gasteiger partial charge in [0.05, 0.1) is 16.7 Å². The molecule has 0 amide bonds. The van der Waals surface area contributed by atoms with Gasteiger partial charge in [-0.15, -0.1) is 0 Å². The average Bonchev–Trinajstić information content (AvgIpc) is 3.93. The molecule has 2 heterocycles. The highest BCUT2D eigenvalue weighted by atomic mass is 16.3. The van der Waals surface area contributed by atoms with Crippen LogP contribution in [0.4, 0.5) is 17.1 Å². The molecule has 12 rings (SSSR count). The largest absolute Gasteiger partial charge is 0.435 e. The Morgan fingerprint density at radius 3 is 1.82 bits per heavy atom. The van der Waals surface area contributed by atoms with Crippen molar-refractivity contribution in [3.8, 4) is 39.4 Å². The highest BCUT2D eigenvalue weighted by Gasteiger charge is 2.23. The van der Waals surface area contributed by atoms with Gasteiger partial charge < -0.3 is 13.9 Å². The minimum absolute atomic E-state index is 0.613. The Morgan fingerprint density at radius 2 is 1.07 bits per heavy atom. The average molecular weight is 780 g/mol. The van der Waals surface area contributed by atoms with Gasteiger partial charge in [0.2, 0.25) is 5.89 Å². The molecule has 0 aliphatic rings. The van der Waals surface area contributed by atoms with Crippen LogP contribution in [0.1, 0.15) is 0 Å². The lowest BCUT2D eigenvalue weighted by molar-refractivity contribution is 0.623. The Morgan fingerprint density at radius 1 is 0.426 bits per heavy atom. The lowest BCUT2D eigenvalue weighted by Crippen LogP contribution is -2.11. The summed E-state index contributed by atoms with van der Waals surface area (Å²) in [5, 5.41) is 6.78. The summed E-state index contributed by atoms with van der Waals surface area (Å²) in [7, 11) is 0. The fourth-order valence-corrected chi connectivity index (χ4v) is 9.20. The van der Waals surface area contributed by atoms with E-state index in [2.05, 4.69) is 204 Å². The molecule has 0 fully saturated rings. The lowest BCUT2D eigenvalue weighted by atomic mass is 9.92. The molecule has 0 saturated carbocycles. The number of anilines is 3. The zero-order valence-corrected chi connectivity index (χ0v) is 33.1. The van der Waals surface area contributed by atoms with Crippen molar-refractivity contribution >= 4 is 71.5 Å². The Balaban J connectivity index is 1.14. The van der Waals surface area contributed by atoms with E-state index in [1.54, 1.807) is 0 Å². The molecule has 0 aliphatic heterocycles. The molecule has 4 nitrogen and oxygen atoms in total. The van der Waals surface area contributed by atoms with Gasteiger partial charge in [-0.3, -0.25) is 0 Å². The first kappa shape index (κ1) is 34.8. The van der Waals surface area contributed by atoms with Gasteiger partial charge in [-0.1, -0.05) is 152 Å². The van der Waals surface area contributed by atoms with Gasteiger partial charge in [-0.05, 0) is 111 Å². The maximum Gasteiger partial charge on any atom is 0.227 e. The summed E-state index contributed by atoms with van der Waals surface area (Å²) in [6, 6.07) is 80.0. The van der Waals surface area contributed by atoms with Crippen molar-refractivity contribution in [2.75, 3.05) is 4.90 Å². The fraction of sp³-hybridized carbons (Fsp3) is 0. The monoisotopic (exact) mass is 779 g/mol. The highest BCUT2D eigenvalue weighted by molar-refractivity contribution is 6.22. The van der Waals surface area contributed by atoms with Crippen molar-refractivity contribution < 1.29 is 4.42 Å². The van der Waals surface area contributed by atoms with Gasteiger partial charge in [-0.2, -0.15) is 0 Å². The molecule has 0 atom stereocenters. The molecule has 61 heavy (non-hydrogen) atoms. The third kappa shape index (κ3) is 5.80. The molecule has 286 valence electrons. The number of oxazole rings is 1. The molecule has 0 N–H and O–H groups in total. The van der Waals surface area contributed by atoms with Crippen LogP contribution in [0.15, 0.2) is 229 Å². The van der Waals surface area contributed by atoms with Crippen molar-refractivity contribution in [2.45, 2.75) is 0 Å². The maximum absolute atomic E-state index is 6.76. The number of nitrogens with zero attached hydrogens (tertiary/aromatic N) is 3. The first-order valence-corrected chi connectivity index (χ1v) is 20.7. The van der Waals surface area contributed by atoms with Crippen molar-refractivity contribution in [1.82, 2.24) is 9.55 Å². The van der Waals surface area contributed by atoms with Crippen molar-refractivity contribution in [1.29, 1.82) is 0 Å². The van der Waals surface area contributed by atoms with Crippen LogP contribution in [0.25, 0.3) is 93.8 Å². The topological polar surface area (TPSA) is 34.2 Å². The Labute approximate surface area is 352 Å². The van der Waals surface area contributed by atoms with Crippen molar-refractivity contribution in [2.24, 2.45) is 0 Å². The second-order valence-corrected chi connectivity index (χ2v) is 15.5. The van der Waals surface area contributed by atoms with Crippen LogP contribution in [-0.4, -0.2) is 9.55 Å². The number of aromatic nitrogens is 2. The van der Waals surface area contributed by atoms with E-state index in [1.165, 1.54) is 27.5 Å². The number of fused-ring (bicyclic) bond motifs is 8. The molecule has 0 spiro atoms. The van der Waals surface area contributed by atoms with Gasteiger partial charge in [0, 0.05) is 38.8 Å². The van der Waals surface area contributed by atoms with Crippen LogP contribution in [0, 0.1) is 0 Å². The molecule has 0 bridgehead atoms. The summed E-state index contributed by atoms with van der Waals surface area (Å²) in [5.74, 6) is 0.613. The van der Waals surface area contributed by atoms with Gasteiger partial charge in [0.15, 0.2) is 5.58 Å². The molecule has 0 aliphatic carbocycles. The highest BCUT2D eigenvalue weighted by Crippen LogP contribution is 2.46. The summed E-state index contributed by atoms with van der Waals surface area (Å²) in [6.07, 6.45) is 0. The second kappa shape index (κ2) is 14.3. The molecular formula is C57H37N3O. The van der Waals surface area contributed by atoms with Gasteiger partial charge in [0.25, 0.3) is 0 Å². The summed E-state index contributed by atoms with van der Waals surface area (Å²) >= 11 is 0. The summed E-state index contributed by atoms with van der Waals surface area (Å²) in [6.45, 7) is 0. The van der Waals surface area contributed by atoms with E-state index in [0.29, 0.717) is 5.89 Å². The summed E-state index contributed by atoms with van der Waals surface area (Å²) < 4.78 is 9.18. The molecule has 2 aromatic heterocycles. The number of hydrogen-bond donors (Lipinski definition) is 0. The lowest BCUT2D eigenvalue weighted by Gasteiger charge is -2.27. The van der Waals surface area contributed by atoms with Gasteiger partial charge >= 0.3 is 0 Å². The predicted octanol–water partition coefficient (Wildman–Crippen LogP) is 15.7. The standard InChI is InChI=1S/C57H37N3O/c1-5-16-38(17-6-1)39-28-31-44(32-29-39)60-52-26-14-13-24-47(52)48-25-15-27-53(55(48)60)59(43-22-11-4-12-23-43)45-33-34-46-49(40-18-7-2-8-19-40)36-42-30-35-51-56(54(42)50(46)37-45)61-57(58-51)41-20-9-3-10-21-41/h1-37H. The van der Waals surface area contributed by atoms with Crippen LogP contribution < -0.4 is 4.90 Å². The number of hydrogen-bond acceptors (Lipinski definition) is 3. The van der Waals surface area contributed by atoms with E-state index < -0.39 is 0 Å². The van der Waals surface area contributed by atoms with Crippen LogP contribution >= 0.6 is 0 Å². The van der Waals surface area contributed by atoms with Gasteiger partial charge in [-0.25, -0.2) is 4.98 Å². The first-order valence-electron chi connectivity index (χ1n) is 20.7. The third-order valence-corrected chi connectivity index (χ3v) is 12.0. The maximum atomic E-state index is 6.76. The number of benzene rings is 10. The smallest absolute Gasteiger partial charge is 0.227 e. The van der Waals surface area contributed by atoms with Crippen molar-refractivity contribution in [3.05, 3.63) is 224 Å². The van der Waals surface area contributed by atoms with E-state index >= 15 is 0 Å². The first-order chi connectivity index (χ1) is 30.3. The summed E-state index contributed by atoms with van der Waals surface area (Å²) in [5.41, 5.74) is 13.8. The molecular weight excluding hydrogens is 743 g/mol. The minimum Gasteiger partial charge on any atom is -0.435 e.